The van der Waals surface area contributed by atoms with Gasteiger partial charge in [0.25, 0.3) is 0 Å². The van der Waals surface area contributed by atoms with Gasteiger partial charge in [0, 0.05) is 3.57 Å². The van der Waals surface area contributed by atoms with E-state index in [0.717, 1.165) is 22.6 Å². The quantitative estimate of drug-likeness (QED) is 0.295. The van der Waals surface area contributed by atoms with Gasteiger partial charge in [-0.15, -0.1) is 0 Å². The highest BCUT2D eigenvalue weighted by Crippen LogP contribution is 2.40. The van der Waals surface area contributed by atoms with E-state index in [2.05, 4.69) is 77.2 Å². The van der Waals surface area contributed by atoms with Crippen LogP contribution in [0.15, 0.2) is 72.8 Å². The number of rotatable bonds is 9. The van der Waals surface area contributed by atoms with Crippen molar-refractivity contribution < 1.29 is 19.4 Å². The predicted molar refractivity (Wildman–Crippen MR) is 139 cm³/mol. The zero-order valence-electron chi connectivity index (χ0n) is 18.8. The molecule has 1 atom stereocenters. The number of ether oxygens (including phenoxy) is 2. The molecule has 0 aliphatic heterocycles. The Labute approximate surface area is 208 Å². The fourth-order valence-corrected chi connectivity index (χ4v) is 4.05. The summed E-state index contributed by atoms with van der Waals surface area (Å²) in [6.07, 6.45) is 3.80. The molecule has 4 nitrogen and oxygen atoms in total. The van der Waals surface area contributed by atoms with Crippen LogP contribution in [0.2, 0.25) is 0 Å². The molecule has 0 aromatic heterocycles. The van der Waals surface area contributed by atoms with E-state index in [9.17, 15) is 4.79 Å². The second-order valence-corrected chi connectivity index (χ2v) is 9.60. The summed E-state index contributed by atoms with van der Waals surface area (Å²) in [5.41, 5.74) is 5.72. The van der Waals surface area contributed by atoms with Crippen LogP contribution in [0, 0.1) is 10.5 Å². The third-order valence-electron chi connectivity index (χ3n) is 5.76. The minimum atomic E-state index is -0.992. The van der Waals surface area contributed by atoms with E-state index in [0.29, 0.717) is 18.1 Å². The van der Waals surface area contributed by atoms with Gasteiger partial charge in [-0.2, -0.15) is 0 Å². The first kappa shape index (κ1) is 23.4. The van der Waals surface area contributed by atoms with Gasteiger partial charge in [0.1, 0.15) is 18.1 Å². The minimum Gasteiger partial charge on any atom is -0.489 e. The lowest BCUT2D eigenvalue weighted by atomic mass is 9.96. The topological polar surface area (TPSA) is 55.8 Å². The van der Waals surface area contributed by atoms with Crippen molar-refractivity contribution >= 4 is 34.1 Å². The van der Waals surface area contributed by atoms with Gasteiger partial charge < -0.3 is 14.6 Å². The number of aryl methyl sites for hydroxylation is 1. The van der Waals surface area contributed by atoms with E-state index in [1.54, 1.807) is 12.1 Å². The van der Waals surface area contributed by atoms with E-state index < -0.39 is 12.1 Å². The van der Waals surface area contributed by atoms with Crippen LogP contribution in [0.1, 0.15) is 47.9 Å². The molecule has 1 saturated carbocycles. The van der Waals surface area contributed by atoms with Crippen LogP contribution < -0.4 is 9.47 Å². The van der Waals surface area contributed by atoms with Crippen LogP contribution in [-0.2, 0) is 4.79 Å². The van der Waals surface area contributed by atoms with E-state index in [-0.39, 0.29) is 0 Å². The van der Waals surface area contributed by atoms with Crippen LogP contribution in [-0.4, -0.2) is 23.8 Å². The summed E-state index contributed by atoms with van der Waals surface area (Å²) in [7, 11) is 0. The maximum atomic E-state index is 11.0. The van der Waals surface area contributed by atoms with Crippen molar-refractivity contribution in [3.63, 3.8) is 0 Å². The van der Waals surface area contributed by atoms with Crippen molar-refractivity contribution in [1.82, 2.24) is 0 Å². The summed E-state index contributed by atoms with van der Waals surface area (Å²) < 4.78 is 12.7. The second kappa shape index (κ2) is 10.4. The number of carbonyl (C=O) groups is 1. The summed E-state index contributed by atoms with van der Waals surface area (Å²) in [6.45, 7) is 3.81. The van der Waals surface area contributed by atoms with Crippen LogP contribution in [0.4, 0.5) is 0 Å². The first-order valence-electron chi connectivity index (χ1n) is 11.1. The lowest BCUT2D eigenvalue weighted by Gasteiger charge is -2.14. The number of aliphatic carboxylic acids is 1. The second-order valence-electron chi connectivity index (χ2n) is 8.36. The lowest BCUT2D eigenvalue weighted by Crippen LogP contribution is -2.23. The molecule has 0 saturated heterocycles. The van der Waals surface area contributed by atoms with Crippen molar-refractivity contribution in [3.05, 3.63) is 98.6 Å². The first-order valence-corrected chi connectivity index (χ1v) is 12.2. The van der Waals surface area contributed by atoms with Gasteiger partial charge in [0.15, 0.2) is 6.10 Å². The molecule has 1 N–H and O–H groups in total. The molecule has 0 heterocycles. The molecule has 3 aromatic carbocycles. The molecule has 33 heavy (non-hydrogen) atoms. The molecule has 170 valence electrons. The van der Waals surface area contributed by atoms with Crippen molar-refractivity contribution in [2.45, 2.75) is 38.7 Å². The third kappa shape index (κ3) is 6.16. The molecular formula is C28H27IO4. The van der Waals surface area contributed by atoms with Crippen molar-refractivity contribution in [2.75, 3.05) is 6.61 Å². The Hall–Kier alpha value is -2.80. The van der Waals surface area contributed by atoms with E-state index in [1.165, 1.54) is 34.5 Å². The summed E-state index contributed by atoms with van der Waals surface area (Å²) in [5.74, 6) is 1.00. The van der Waals surface area contributed by atoms with Gasteiger partial charge in [0.2, 0.25) is 0 Å². The van der Waals surface area contributed by atoms with Gasteiger partial charge >= 0.3 is 5.97 Å². The summed E-state index contributed by atoms with van der Waals surface area (Å²) >= 11 is 2.32. The van der Waals surface area contributed by atoms with Crippen LogP contribution in [0.25, 0.3) is 5.57 Å². The molecule has 1 aliphatic carbocycles. The molecule has 0 bridgehead atoms. The molecule has 0 amide bonds. The largest absolute Gasteiger partial charge is 0.489 e. The number of hydrogen-bond acceptors (Lipinski definition) is 3. The number of carboxylic acid groups (broad SMARTS) is 1. The molecule has 0 spiro atoms. The maximum Gasteiger partial charge on any atom is 0.344 e. The van der Waals surface area contributed by atoms with Crippen molar-refractivity contribution in [1.29, 1.82) is 0 Å². The predicted octanol–water partition coefficient (Wildman–Crippen LogP) is 6.84. The smallest absolute Gasteiger partial charge is 0.344 e. The van der Waals surface area contributed by atoms with Gasteiger partial charge in [-0.1, -0.05) is 36.4 Å². The van der Waals surface area contributed by atoms with Crippen LogP contribution in [0.3, 0.4) is 0 Å². The average molecular weight is 554 g/mol. The molecular weight excluding hydrogens is 527 g/mol. The Kier molecular flexibility index (Phi) is 7.38. The highest BCUT2D eigenvalue weighted by atomic mass is 127. The normalized spacial score (nSPS) is 14.6. The Morgan fingerprint density at radius 1 is 1.06 bits per heavy atom. The van der Waals surface area contributed by atoms with Crippen molar-refractivity contribution in [2.24, 2.45) is 0 Å². The van der Waals surface area contributed by atoms with E-state index in [4.69, 9.17) is 14.6 Å². The zero-order chi connectivity index (χ0) is 23.4. The fraction of sp³-hybridized carbons (Fsp3) is 0.250. The Balaban J connectivity index is 1.51. The molecule has 3 aromatic rings. The van der Waals surface area contributed by atoms with Gasteiger partial charge in [-0.05, 0) is 119 Å². The lowest BCUT2D eigenvalue weighted by molar-refractivity contribution is -0.144. The summed E-state index contributed by atoms with van der Waals surface area (Å²) in [6, 6.07) is 22.8. The Morgan fingerprint density at radius 2 is 1.70 bits per heavy atom. The highest BCUT2D eigenvalue weighted by molar-refractivity contribution is 14.1. The van der Waals surface area contributed by atoms with Gasteiger partial charge in [0.05, 0.1) is 0 Å². The standard InChI is InChI=1S/C28H27IO4/c1-18-17-25(13-14-27(18)33-19(2)28(30)31)32-16-15-26(23-9-11-24(29)12-10-23)22-7-5-21(6-8-22)20-3-4-20/h5-15,17,19-20H,3-4,16H2,1-2H3,(H,30,31). The first-order chi connectivity index (χ1) is 15.9. The maximum absolute atomic E-state index is 11.0. The van der Waals surface area contributed by atoms with E-state index in [1.807, 2.05) is 13.0 Å². The minimum absolute atomic E-state index is 0.414. The molecule has 1 aliphatic rings. The monoisotopic (exact) mass is 554 g/mol. The number of benzene rings is 3. The molecule has 0 radical (unpaired) electrons. The summed E-state index contributed by atoms with van der Waals surface area (Å²) in [5, 5.41) is 9.05. The van der Waals surface area contributed by atoms with Crippen LogP contribution in [0.5, 0.6) is 11.5 Å². The molecule has 1 unspecified atom stereocenters. The highest BCUT2D eigenvalue weighted by Gasteiger charge is 2.23. The average Bonchev–Trinajstić information content (AvgIpc) is 3.65. The van der Waals surface area contributed by atoms with E-state index >= 15 is 0 Å². The SMILES string of the molecule is Cc1cc(OCC=C(c2ccc(I)cc2)c2ccc(C3CC3)cc2)ccc1OC(C)C(=O)O. The van der Waals surface area contributed by atoms with Gasteiger partial charge in [-0.3, -0.25) is 0 Å². The number of hydrogen-bond donors (Lipinski definition) is 1. The van der Waals surface area contributed by atoms with Crippen LogP contribution >= 0.6 is 22.6 Å². The zero-order valence-corrected chi connectivity index (χ0v) is 20.9. The Morgan fingerprint density at radius 3 is 2.27 bits per heavy atom. The van der Waals surface area contributed by atoms with Gasteiger partial charge in [-0.25, -0.2) is 4.79 Å². The molecule has 1 fully saturated rings. The molecule has 5 heteroatoms. The summed E-state index contributed by atoms with van der Waals surface area (Å²) in [4.78, 5) is 11.0. The number of halogens is 1. The third-order valence-corrected chi connectivity index (χ3v) is 6.48. The van der Waals surface area contributed by atoms with Crippen molar-refractivity contribution in [3.8, 4) is 11.5 Å². The molecule has 4 rings (SSSR count). The Bertz CT molecular complexity index is 1150. The fourth-order valence-electron chi connectivity index (χ4n) is 3.69. The number of carboxylic acids is 1.